The SMILES string of the molecule is COc1ccc(C(=O)N/N=C/c2ccc(OCC(=O)Nc3ccc(Cl)cc3)c(Br)c2)cc1OC. The van der Waals surface area contributed by atoms with Crippen LogP contribution in [0.15, 0.2) is 70.2 Å². The third-order valence-corrected chi connectivity index (χ3v) is 5.34. The van der Waals surface area contributed by atoms with Crippen LogP contribution in [-0.2, 0) is 4.79 Å². The number of hydrogen-bond donors (Lipinski definition) is 2. The molecule has 0 aliphatic heterocycles. The third-order valence-electron chi connectivity index (χ3n) is 4.47. The first-order valence-corrected chi connectivity index (χ1v) is 11.1. The molecule has 2 amide bonds. The van der Waals surface area contributed by atoms with Gasteiger partial charge in [-0.15, -0.1) is 0 Å². The monoisotopic (exact) mass is 545 g/mol. The number of carbonyl (C=O) groups excluding carboxylic acids is 2. The highest BCUT2D eigenvalue weighted by Crippen LogP contribution is 2.28. The van der Waals surface area contributed by atoms with Crippen molar-refractivity contribution in [1.29, 1.82) is 0 Å². The summed E-state index contributed by atoms with van der Waals surface area (Å²) >= 11 is 9.25. The van der Waals surface area contributed by atoms with Crippen molar-refractivity contribution >= 4 is 51.2 Å². The first-order valence-electron chi connectivity index (χ1n) is 9.93. The van der Waals surface area contributed by atoms with Crippen molar-refractivity contribution < 1.29 is 23.8 Å². The Morgan fingerprint density at radius 3 is 2.35 bits per heavy atom. The summed E-state index contributed by atoms with van der Waals surface area (Å²) in [6.07, 6.45) is 1.49. The summed E-state index contributed by atoms with van der Waals surface area (Å²) < 4.78 is 16.6. The fraction of sp³-hybridized carbons (Fsp3) is 0.125. The molecule has 0 spiro atoms. The number of nitrogens with zero attached hydrogens (tertiary/aromatic N) is 1. The molecule has 3 rings (SSSR count). The number of benzene rings is 3. The van der Waals surface area contributed by atoms with Crippen LogP contribution in [0.3, 0.4) is 0 Å². The number of hydrazone groups is 1. The first kappa shape index (κ1) is 25.1. The number of rotatable bonds is 9. The molecule has 0 atom stereocenters. The Labute approximate surface area is 210 Å². The number of ether oxygens (including phenoxy) is 3. The third kappa shape index (κ3) is 6.97. The molecule has 0 fully saturated rings. The smallest absolute Gasteiger partial charge is 0.271 e. The minimum atomic E-state index is -0.400. The van der Waals surface area contributed by atoms with Gasteiger partial charge in [-0.1, -0.05) is 11.6 Å². The molecular weight excluding hydrogens is 526 g/mol. The molecule has 0 saturated heterocycles. The Kier molecular flexibility index (Phi) is 8.89. The summed E-state index contributed by atoms with van der Waals surface area (Å²) in [6.45, 7) is -0.171. The molecule has 3 aromatic carbocycles. The van der Waals surface area contributed by atoms with Crippen LogP contribution < -0.4 is 25.0 Å². The van der Waals surface area contributed by atoms with E-state index < -0.39 is 5.91 Å². The van der Waals surface area contributed by atoms with Gasteiger partial charge in [-0.25, -0.2) is 5.43 Å². The minimum Gasteiger partial charge on any atom is -0.493 e. The van der Waals surface area contributed by atoms with E-state index in [1.807, 2.05) is 0 Å². The number of hydrogen-bond acceptors (Lipinski definition) is 6. The summed E-state index contributed by atoms with van der Waals surface area (Å²) in [6, 6.07) is 16.8. The molecule has 0 aromatic heterocycles. The standard InChI is InChI=1S/C24H21BrClN3O5/c1-32-21-10-4-16(12-22(21)33-2)24(31)29-27-13-15-3-9-20(19(25)11-15)34-14-23(30)28-18-7-5-17(26)6-8-18/h3-13H,14H2,1-2H3,(H,28,30)(H,29,31)/b27-13+. The number of amides is 2. The quantitative estimate of drug-likeness (QED) is 0.294. The maximum absolute atomic E-state index is 12.3. The van der Waals surface area contributed by atoms with Gasteiger partial charge in [0.2, 0.25) is 0 Å². The van der Waals surface area contributed by atoms with Crippen LogP contribution in [-0.4, -0.2) is 38.9 Å². The highest BCUT2D eigenvalue weighted by Gasteiger charge is 2.10. The lowest BCUT2D eigenvalue weighted by Crippen LogP contribution is -2.20. The van der Waals surface area contributed by atoms with Crippen LogP contribution in [0, 0.1) is 0 Å². The zero-order valence-electron chi connectivity index (χ0n) is 18.3. The second-order valence-corrected chi connectivity index (χ2v) is 8.09. The van der Waals surface area contributed by atoms with Gasteiger partial charge in [0.25, 0.3) is 11.8 Å². The Morgan fingerprint density at radius 1 is 0.971 bits per heavy atom. The van der Waals surface area contributed by atoms with Crippen LogP contribution in [0.5, 0.6) is 17.2 Å². The summed E-state index contributed by atoms with van der Waals surface area (Å²) in [4.78, 5) is 24.4. The normalized spacial score (nSPS) is 10.6. The number of anilines is 1. The average Bonchev–Trinajstić information content (AvgIpc) is 2.84. The Morgan fingerprint density at radius 2 is 1.68 bits per heavy atom. The molecule has 0 heterocycles. The highest BCUT2D eigenvalue weighted by molar-refractivity contribution is 9.10. The lowest BCUT2D eigenvalue weighted by molar-refractivity contribution is -0.118. The van der Waals surface area contributed by atoms with Gasteiger partial charge < -0.3 is 19.5 Å². The van der Waals surface area contributed by atoms with Gasteiger partial charge in [-0.2, -0.15) is 5.10 Å². The maximum Gasteiger partial charge on any atom is 0.271 e. The molecule has 0 aliphatic rings. The first-order chi connectivity index (χ1) is 16.4. The summed E-state index contributed by atoms with van der Waals surface area (Å²) in [7, 11) is 3.02. The molecule has 0 bridgehead atoms. The molecule has 0 radical (unpaired) electrons. The fourth-order valence-electron chi connectivity index (χ4n) is 2.80. The number of nitrogens with one attached hydrogen (secondary N) is 2. The molecule has 0 unspecified atom stereocenters. The molecule has 0 aliphatic carbocycles. The van der Waals surface area contributed by atoms with Gasteiger partial charge in [-0.3, -0.25) is 9.59 Å². The minimum absolute atomic E-state index is 0.171. The summed E-state index contributed by atoms with van der Waals surface area (Å²) in [5, 5.41) is 7.29. The van der Waals surface area contributed by atoms with Crippen molar-refractivity contribution in [3.63, 3.8) is 0 Å². The lowest BCUT2D eigenvalue weighted by Gasteiger charge is -2.10. The van der Waals surface area contributed by atoms with Gasteiger partial charge >= 0.3 is 0 Å². The van der Waals surface area contributed by atoms with E-state index >= 15 is 0 Å². The topological polar surface area (TPSA) is 98.3 Å². The van der Waals surface area contributed by atoms with Crippen molar-refractivity contribution in [3.8, 4) is 17.2 Å². The highest BCUT2D eigenvalue weighted by atomic mass is 79.9. The van der Waals surface area contributed by atoms with Gasteiger partial charge in [0, 0.05) is 16.3 Å². The Balaban J connectivity index is 1.53. The van der Waals surface area contributed by atoms with Gasteiger partial charge in [0.05, 0.1) is 24.9 Å². The zero-order chi connectivity index (χ0) is 24.5. The molecule has 176 valence electrons. The van der Waals surface area contributed by atoms with Crippen LogP contribution in [0.2, 0.25) is 5.02 Å². The Hall–Kier alpha value is -3.56. The molecule has 8 nitrogen and oxygen atoms in total. The van der Waals surface area contributed by atoms with E-state index in [0.717, 1.165) is 0 Å². The molecule has 34 heavy (non-hydrogen) atoms. The maximum atomic E-state index is 12.3. The van der Waals surface area contributed by atoms with E-state index in [9.17, 15) is 9.59 Å². The van der Waals surface area contributed by atoms with Crippen molar-refractivity contribution in [1.82, 2.24) is 5.43 Å². The van der Waals surface area contributed by atoms with E-state index in [1.54, 1.807) is 60.7 Å². The number of halogens is 2. The fourth-order valence-corrected chi connectivity index (χ4v) is 3.43. The predicted molar refractivity (Wildman–Crippen MR) is 134 cm³/mol. The van der Waals surface area contributed by atoms with E-state index in [4.69, 9.17) is 25.8 Å². The predicted octanol–water partition coefficient (Wildman–Crippen LogP) is 4.90. The second-order valence-electron chi connectivity index (χ2n) is 6.80. The van der Waals surface area contributed by atoms with Gasteiger partial charge in [0.15, 0.2) is 18.1 Å². The lowest BCUT2D eigenvalue weighted by atomic mass is 10.2. The molecule has 3 aromatic rings. The van der Waals surface area contributed by atoms with E-state index in [-0.39, 0.29) is 12.5 Å². The number of carbonyl (C=O) groups is 2. The molecule has 10 heteroatoms. The summed E-state index contributed by atoms with van der Waals surface area (Å²) in [5.74, 6) is 0.746. The van der Waals surface area contributed by atoms with Crippen LogP contribution >= 0.6 is 27.5 Å². The van der Waals surface area contributed by atoms with E-state index in [1.165, 1.54) is 20.4 Å². The van der Waals surface area contributed by atoms with Crippen molar-refractivity contribution in [3.05, 3.63) is 81.3 Å². The van der Waals surface area contributed by atoms with Gasteiger partial charge in [-0.05, 0) is 82.2 Å². The average molecular weight is 547 g/mol. The Bertz CT molecular complexity index is 1200. The second kappa shape index (κ2) is 12.1. The largest absolute Gasteiger partial charge is 0.493 e. The molecular formula is C24H21BrClN3O5. The van der Waals surface area contributed by atoms with Crippen LogP contribution in [0.4, 0.5) is 5.69 Å². The zero-order valence-corrected chi connectivity index (χ0v) is 20.6. The molecule has 0 saturated carbocycles. The van der Waals surface area contributed by atoms with Crippen molar-refractivity contribution in [2.24, 2.45) is 5.10 Å². The van der Waals surface area contributed by atoms with Gasteiger partial charge in [0.1, 0.15) is 5.75 Å². The number of methoxy groups -OCH3 is 2. The molecule has 2 N–H and O–H groups in total. The van der Waals surface area contributed by atoms with Crippen molar-refractivity contribution in [2.75, 3.05) is 26.1 Å². The van der Waals surface area contributed by atoms with Crippen molar-refractivity contribution in [2.45, 2.75) is 0 Å². The summed E-state index contributed by atoms with van der Waals surface area (Å²) in [5.41, 5.74) is 4.17. The van der Waals surface area contributed by atoms with Crippen LogP contribution in [0.25, 0.3) is 0 Å². The van der Waals surface area contributed by atoms with Crippen LogP contribution in [0.1, 0.15) is 15.9 Å². The van der Waals surface area contributed by atoms with E-state index in [2.05, 4.69) is 31.8 Å². The van der Waals surface area contributed by atoms with E-state index in [0.29, 0.717) is 43.6 Å².